The first kappa shape index (κ1) is 24.4. The Bertz CT molecular complexity index is 956. The van der Waals surface area contributed by atoms with Crippen LogP contribution in [0.5, 0.6) is 0 Å². The number of aromatic nitrogens is 1. The highest BCUT2D eigenvalue weighted by molar-refractivity contribution is 7.91. The zero-order valence-electron chi connectivity index (χ0n) is 18.4. The fourth-order valence-electron chi connectivity index (χ4n) is 3.59. The molecule has 32 heavy (non-hydrogen) atoms. The summed E-state index contributed by atoms with van der Waals surface area (Å²) in [5.74, 6) is -1.31. The van der Waals surface area contributed by atoms with Gasteiger partial charge >= 0.3 is 0 Å². The van der Waals surface area contributed by atoms with E-state index in [1.165, 1.54) is 11.8 Å². The van der Waals surface area contributed by atoms with Crippen LogP contribution in [0.1, 0.15) is 23.4 Å². The number of aliphatic hydroxyl groups excluding tert-OH is 1. The molecule has 2 aromatic rings. The number of aliphatic hydroxyl groups is 1. The molecule has 1 unspecified atom stereocenters. The number of sulfone groups is 1. The van der Waals surface area contributed by atoms with Gasteiger partial charge in [-0.25, -0.2) is 8.42 Å². The smallest absolute Gasteiger partial charge is 0.235 e. The summed E-state index contributed by atoms with van der Waals surface area (Å²) in [7, 11) is -1.50. The molecule has 0 radical (unpaired) electrons. The van der Waals surface area contributed by atoms with Crippen LogP contribution < -0.4 is 5.32 Å². The van der Waals surface area contributed by atoms with E-state index in [4.69, 9.17) is 4.42 Å². The topological polar surface area (TPSA) is 116 Å². The van der Waals surface area contributed by atoms with Gasteiger partial charge < -0.3 is 19.7 Å². The second kappa shape index (κ2) is 11.6. The molecule has 9 nitrogen and oxygen atoms in total. The molecule has 1 amide bonds. The van der Waals surface area contributed by atoms with Gasteiger partial charge in [0.25, 0.3) is 0 Å². The predicted molar refractivity (Wildman–Crippen MR) is 121 cm³/mol. The first-order chi connectivity index (χ1) is 15.3. The maximum absolute atomic E-state index is 12.1. The van der Waals surface area contributed by atoms with Gasteiger partial charge in [0.05, 0.1) is 12.4 Å². The standard InChI is InChI=1S/C22H32N4O5S/c1-25-8-10-26(11-9-25)15-18-6-7-23-19(13-18)4-5-20(27)14-24-22(28)17-32(29,30)16-21-3-2-12-31-21/h2-3,6-7,12-13,20,27H,4-5,8-11,14-17H2,1H3,(H,24,28). The third-order valence-corrected chi connectivity index (χ3v) is 6.87. The molecule has 1 fully saturated rings. The van der Waals surface area contributed by atoms with Crippen LogP contribution in [0.25, 0.3) is 0 Å². The Kier molecular flexibility index (Phi) is 8.80. The van der Waals surface area contributed by atoms with E-state index in [0.717, 1.165) is 38.4 Å². The number of piperazine rings is 1. The van der Waals surface area contributed by atoms with Gasteiger partial charge in [-0.15, -0.1) is 0 Å². The van der Waals surface area contributed by atoms with Gasteiger partial charge in [0.15, 0.2) is 9.84 Å². The normalized spacial score (nSPS) is 16.7. The molecular weight excluding hydrogens is 432 g/mol. The monoisotopic (exact) mass is 464 g/mol. The van der Waals surface area contributed by atoms with Crippen LogP contribution in [0.2, 0.25) is 0 Å². The summed E-state index contributed by atoms with van der Waals surface area (Å²) in [6.07, 6.45) is 3.39. The first-order valence-corrected chi connectivity index (χ1v) is 12.6. The zero-order chi connectivity index (χ0) is 23.0. The summed E-state index contributed by atoms with van der Waals surface area (Å²) < 4.78 is 29.1. The van der Waals surface area contributed by atoms with E-state index < -0.39 is 27.6 Å². The third-order valence-electron chi connectivity index (χ3n) is 5.44. The van der Waals surface area contributed by atoms with E-state index in [-0.39, 0.29) is 12.3 Å². The molecule has 0 aromatic carbocycles. The van der Waals surface area contributed by atoms with Crippen molar-refractivity contribution in [2.45, 2.75) is 31.2 Å². The van der Waals surface area contributed by atoms with Gasteiger partial charge in [0, 0.05) is 51.2 Å². The molecule has 0 spiro atoms. The molecule has 1 saturated heterocycles. The van der Waals surface area contributed by atoms with Gasteiger partial charge in [-0.2, -0.15) is 0 Å². The summed E-state index contributed by atoms with van der Waals surface area (Å²) >= 11 is 0. The van der Waals surface area contributed by atoms with Crippen molar-refractivity contribution in [1.29, 1.82) is 0 Å². The molecule has 176 valence electrons. The Balaban J connectivity index is 1.38. The Labute approximate surface area is 189 Å². The first-order valence-electron chi connectivity index (χ1n) is 10.8. The highest BCUT2D eigenvalue weighted by Crippen LogP contribution is 2.11. The van der Waals surface area contributed by atoms with Gasteiger partial charge in [0.1, 0.15) is 17.3 Å². The molecule has 0 bridgehead atoms. The van der Waals surface area contributed by atoms with Gasteiger partial charge in [-0.3, -0.25) is 14.7 Å². The fourth-order valence-corrected chi connectivity index (χ4v) is 4.79. The molecule has 0 saturated carbocycles. The number of amides is 1. The minimum Gasteiger partial charge on any atom is -0.468 e. The number of aryl methyl sites for hydroxylation is 1. The number of nitrogens with one attached hydrogen (secondary N) is 1. The largest absolute Gasteiger partial charge is 0.468 e. The van der Waals surface area contributed by atoms with Crippen LogP contribution in [0.15, 0.2) is 41.1 Å². The SMILES string of the molecule is CN1CCN(Cc2ccnc(CCC(O)CNC(=O)CS(=O)(=O)Cc3ccco3)c2)CC1. The van der Waals surface area contributed by atoms with Gasteiger partial charge in [0.2, 0.25) is 5.91 Å². The minimum atomic E-state index is -3.63. The second-order valence-electron chi connectivity index (χ2n) is 8.34. The molecule has 2 N–H and O–H groups in total. The molecule has 0 aliphatic carbocycles. The number of carbonyl (C=O) groups is 1. The van der Waals surface area contributed by atoms with Crippen molar-refractivity contribution in [1.82, 2.24) is 20.1 Å². The van der Waals surface area contributed by atoms with E-state index in [9.17, 15) is 18.3 Å². The van der Waals surface area contributed by atoms with E-state index in [1.807, 2.05) is 6.07 Å². The lowest BCUT2D eigenvalue weighted by Crippen LogP contribution is -2.43. The Hall–Kier alpha value is -2.27. The van der Waals surface area contributed by atoms with Crippen molar-refractivity contribution >= 4 is 15.7 Å². The number of furan rings is 1. The highest BCUT2D eigenvalue weighted by atomic mass is 32.2. The number of likely N-dealkylation sites (N-methyl/N-ethyl adjacent to an activating group) is 1. The van der Waals surface area contributed by atoms with Gasteiger partial charge in [-0.1, -0.05) is 0 Å². The number of carbonyl (C=O) groups excluding carboxylic acids is 1. The van der Waals surface area contributed by atoms with Crippen molar-refractivity contribution < 1.29 is 22.7 Å². The molecule has 10 heteroatoms. The molecule has 3 rings (SSSR count). The molecular formula is C22H32N4O5S. The summed E-state index contributed by atoms with van der Waals surface area (Å²) in [6.45, 7) is 5.11. The van der Waals surface area contributed by atoms with Crippen LogP contribution in [-0.4, -0.2) is 85.8 Å². The quantitative estimate of drug-likeness (QED) is 0.492. The van der Waals surface area contributed by atoms with Crippen molar-refractivity contribution in [2.24, 2.45) is 0 Å². The lowest BCUT2D eigenvalue weighted by molar-refractivity contribution is -0.119. The van der Waals surface area contributed by atoms with Crippen LogP contribution >= 0.6 is 0 Å². The summed E-state index contributed by atoms with van der Waals surface area (Å²) in [6, 6.07) is 7.22. The van der Waals surface area contributed by atoms with Crippen LogP contribution in [0.3, 0.4) is 0 Å². The summed E-state index contributed by atoms with van der Waals surface area (Å²) in [5, 5.41) is 12.7. The molecule has 1 aliphatic heterocycles. The van der Waals surface area contributed by atoms with Gasteiger partial charge in [-0.05, 0) is 49.7 Å². The van der Waals surface area contributed by atoms with E-state index in [1.54, 1.807) is 18.3 Å². The lowest BCUT2D eigenvalue weighted by Gasteiger charge is -2.32. The van der Waals surface area contributed by atoms with Crippen molar-refractivity contribution in [2.75, 3.05) is 45.5 Å². The maximum Gasteiger partial charge on any atom is 0.235 e. The van der Waals surface area contributed by atoms with Crippen LogP contribution in [0.4, 0.5) is 0 Å². The third kappa shape index (κ3) is 8.34. The number of hydrogen-bond acceptors (Lipinski definition) is 8. The summed E-state index contributed by atoms with van der Waals surface area (Å²) in [5.41, 5.74) is 2.09. The van der Waals surface area contributed by atoms with Crippen molar-refractivity contribution in [3.63, 3.8) is 0 Å². The van der Waals surface area contributed by atoms with Crippen molar-refractivity contribution in [3.05, 3.63) is 53.7 Å². The number of hydrogen-bond donors (Lipinski definition) is 2. The Morgan fingerprint density at radius 3 is 2.78 bits per heavy atom. The molecule has 1 aliphatic rings. The molecule has 2 aromatic heterocycles. The second-order valence-corrected chi connectivity index (χ2v) is 10.4. The average Bonchev–Trinajstić information content (AvgIpc) is 3.24. The molecule has 3 heterocycles. The number of nitrogens with zero attached hydrogens (tertiary/aromatic N) is 3. The van der Waals surface area contributed by atoms with Crippen LogP contribution in [-0.2, 0) is 33.4 Å². The van der Waals surface area contributed by atoms with Crippen molar-refractivity contribution in [3.8, 4) is 0 Å². The minimum absolute atomic E-state index is 0.00388. The predicted octanol–water partition coefficient (Wildman–Crippen LogP) is 0.447. The lowest BCUT2D eigenvalue weighted by atomic mass is 10.1. The average molecular weight is 465 g/mol. The number of pyridine rings is 1. The Morgan fingerprint density at radius 2 is 2.06 bits per heavy atom. The van der Waals surface area contributed by atoms with E-state index >= 15 is 0 Å². The molecule has 1 atom stereocenters. The summed E-state index contributed by atoms with van der Waals surface area (Å²) in [4.78, 5) is 21.1. The zero-order valence-corrected chi connectivity index (χ0v) is 19.3. The van der Waals surface area contributed by atoms with E-state index in [2.05, 4.69) is 33.2 Å². The Morgan fingerprint density at radius 1 is 1.28 bits per heavy atom. The highest BCUT2D eigenvalue weighted by Gasteiger charge is 2.19. The maximum atomic E-state index is 12.1. The van der Waals surface area contributed by atoms with Crippen LogP contribution in [0, 0.1) is 0 Å². The van der Waals surface area contributed by atoms with E-state index in [0.29, 0.717) is 18.6 Å². The number of rotatable bonds is 11. The fraction of sp³-hybridized carbons (Fsp3) is 0.545.